The normalized spacial score (nSPS) is 23.2. The SMILES string of the molecule is O[C@H](COC[C@@H]1COc2ccccc2O1)CN1CCOCC1. The Hall–Kier alpha value is -1.34. The number of nitrogens with zero attached hydrogens (tertiary/aromatic N) is 1. The summed E-state index contributed by atoms with van der Waals surface area (Å²) in [6.07, 6.45) is -0.625. The van der Waals surface area contributed by atoms with E-state index in [0.717, 1.165) is 37.8 Å². The van der Waals surface area contributed by atoms with Crippen molar-refractivity contribution in [1.82, 2.24) is 4.90 Å². The number of hydrogen-bond donors (Lipinski definition) is 1. The van der Waals surface area contributed by atoms with Gasteiger partial charge >= 0.3 is 0 Å². The summed E-state index contributed by atoms with van der Waals surface area (Å²) in [5.74, 6) is 1.52. The van der Waals surface area contributed by atoms with Gasteiger partial charge in [-0.15, -0.1) is 0 Å². The van der Waals surface area contributed by atoms with E-state index in [0.29, 0.717) is 26.4 Å². The van der Waals surface area contributed by atoms with Gasteiger partial charge in [0.15, 0.2) is 17.6 Å². The van der Waals surface area contributed by atoms with Gasteiger partial charge in [-0.1, -0.05) is 12.1 Å². The summed E-state index contributed by atoms with van der Waals surface area (Å²) < 4.78 is 22.3. The minimum atomic E-state index is -0.491. The molecule has 122 valence electrons. The lowest BCUT2D eigenvalue weighted by molar-refractivity contribution is -0.0391. The highest BCUT2D eigenvalue weighted by molar-refractivity contribution is 5.40. The number of rotatable bonds is 6. The number of β-amino-alcohol motifs (C(OH)–C–C–N with tert-alkyl or cyclic N) is 1. The highest BCUT2D eigenvalue weighted by Gasteiger charge is 2.21. The van der Waals surface area contributed by atoms with Crippen molar-refractivity contribution in [3.63, 3.8) is 0 Å². The molecule has 1 N–H and O–H groups in total. The van der Waals surface area contributed by atoms with Crippen LogP contribution in [0.15, 0.2) is 24.3 Å². The summed E-state index contributed by atoms with van der Waals surface area (Å²) in [5.41, 5.74) is 0. The monoisotopic (exact) mass is 309 g/mol. The molecule has 6 heteroatoms. The third kappa shape index (κ3) is 4.33. The quantitative estimate of drug-likeness (QED) is 0.827. The Morgan fingerprint density at radius 1 is 1.23 bits per heavy atom. The number of hydrogen-bond acceptors (Lipinski definition) is 6. The molecule has 0 aromatic heterocycles. The van der Waals surface area contributed by atoms with E-state index in [9.17, 15) is 5.11 Å². The molecular formula is C16H23NO5. The van der Waals surface area contributed by atoms with Crippen LogP contribution in [0.1, 0.15) is 0 Å². The van der Waals surface area contributed by atoms with Gasteiger partial charge in [-0.05, 0) is 12.1 Å². The first-order chi connectivity index (χ1) is 10.8. The Morgan fingerprint density at radius 3 is 2.82 bits per heavy atom. The van der Waals surface area contributed by atoms with Crippen LogP contribution in [0.5, 0.6) is 11.5 Å². The highest BCUT2D eigenvalue weighted by Crippen LogP contribution is 2.30. The van der Waals surface area contributed by atoms with Gasteiger partial charge in [0.2, 0.25) is 0 Å². The van der Waals surface area contributed by atoms with Crippen molar-refractivity contribution < 1.29 is 24.1 Å². The van der Waals surface area contributed by atoms with E-state index in [4.69, 9.17) is 18.9 Å². The lowest BCUT2D eigenvalue weighted by Gasteiger charge is -2.29. The molecule has 1 fully saturated rings. The number of para-hydroxylation sites is 2. The lowest BCUT2D eigenvalue weighted by atomic mass is 10.2. The van der Waals surface area contributed by atoms with Gasteiger partial charge in [-0.3, -0.25) is 4.90 Å². The number of aliphatic hydroxyl groups excluding tert-OH is 1. The smallest absolute Gasteiger partial charge is 0.161 e. The molecule has 2 atom stereocenters. The average Bonchev–Trinajstić information content (AvgIpc) is 2.55. The Balaban J connectivity index is 1.35. The Kier molecular flexibility index (Phi) is 5.50. The molecule has 22 heavy (non-hydrogen) atoms. The molecule has 1 aromatic carbocycles. The zero-order valence-electron chi connectivity index (χ0n) is 12.6. The van der Waals surface area contributed by atoms with Crippen molar-refractivity contribution in [2.45, 2.75) is 12.2 Å². The number of ether oxygens (including phenoxy) is 4. The first-order valence-electron chi connectivity index (χ1n) is 7.75. The minimum absolute atomic E-state index is 0.134. The molecule has 0 aliphatic carbocycles. The molecule has 2 aliphatic rings. The summed E-state index contributed by atoms with van der Waals surface area (Å²) in [4.78, 5) is 2.19. The third-order valence-corrected chi connectivity index (χ3v) is 3.75. The summed E-state index contributed by atoms with van der Waals surface area (Å²) in [6, 6.07) is 7.60. The molecule has 0 amide bonds. The van der Waals surface area contributed by atoms with Gasteiger partial charge < -0.3 is 24.1 Å². The van der Waals surface area contributed by atoms with Gasteiger partial charge in [-0.25, -0.2) is 0 Å². The molecule has 1 aromatic rings. The Labute approximate surface area is 130 Å². The van der Waals surface area contributed by atoms with Gasteiger partial charge in [0.1, 0.15) is 6.61 Å². The molecule has 0 radical (unpaired) electrons. The predicted molar refractivity (Wildman–Crippen MR) is 80.4 cm³/mol. The van der Waals surface area contributed by atoms with E-state index >= 15 is 0 Å². The van der Waals surface area contributed by atoms with Gasteiger partial charge in [0.25, 0.3) is 0 Å². The van der Waals surface area contributed by atoms with Crippen LogP contribution in [0.4, 0.5) is 0 Å². The highest BCUT2D eigenvalue weighted by atomic mass is 16.6. The standard InChI is InChI=1S/C16H23NO5/c18-13(9-17-5-7-19-8-6-17)10-20-11-14-12-21-15-3-1-2-4-16(15)22-14/h1-4,13-14,18H,5-12H2/t13-,14+/m0/s1. The van der Waals surface area contributed by atoms with Crippen LogP contribution in [0, 0.1) is 0 Å². The van der Waals surface area contributed by atoms with E-state index in [1.54, 1.807) is 0 Å². The maximum atomic E-state index is 10.0. The fourth-order valence-corrected chi connectivity index (χ4v) is 2.62. The van der Waals surface area contributed by atoms with Gasteiger partial charge in [0.05, 0.1) is 32.5 Å². The van der Waals surface area contributed by atoms with Crippen molar-refractivity contribution in [2.75, 3.05) is 52.7 Å². The number of morpholine rings is 1. The summed E-state index contributed by atoms with van der Waals surface area (Å²) in [5, 5.41) is 10.0. The molecular weight excluding hydrogens is 286 g/mol. The van der Waals surface area contributed by atoms with Crippen LogP contribution < -0.4 is 9.47 Å². The second-order valence-corrected chi connectivity index (χ2v) is 5.60. The van der Waals surface area contributed by atoms with Crippen LogP contribution in [-0.4, -0.2) is 74.9 Å². The molecule has 3 rings (SSSR count). The first-order valence-corrected chi connectivity index (χ1v) is 7.75. The second kappa shape index (κ2) is 7.78. The van der Waals surface area contributed by atoms with Crippen molar-refractivity contribution in [1.29, 1.82) is 0 Å². The molecule has 0 saturated carbocycles. The summed E-state index contributed by atoms with van der Waals surface area (Å²) in [7, 11) is 0. The fraction of sp³-hybridized carbons (Fsp3) is 0.625. The van der Waals surface area contributed by atoms with Crippen LogP contribution in [0.3, 0.4) is 0 Å². The average molecular weight is 309 g/mol. The molecule has 2 heterocycles. The zero-order chi connectivity index (χ0) is 15.2. The topological polar surface area (TPSA) is 60.4 Å². The third-order valence-electron chi connectivity index (χ3n) is 3.75. The van der Waals surface area contributed by atoms with Crippen molar-refractivity contribution in [2.24, 2.45) is 0 Å². The Morgan fingerprint density at radius 2 is 2.00 bits per heavy atom. The van der Waals surface area contributed by atoms with E-state index < -0.39 is 6.10 Å². The van der Waals surface area contributed by atoms with E-state index in [-0.39, 0.29) is 6.10 Å². The van der Waals surface area contributed by atoms with Crippen LogP contribution in [0.2, 0.25) is 0 Å². The van der Waals surface area contributed by atoms with E-state index in [1.165, 1.54) is 0 Å². The maximum Gasteiger partial charge on any atom is 0.161 e. The van der Waals surface area contributed by atoms with Crippen molar-refractivity contribution in [3.05, 3.63) is 24.3 Å². The Bertz CT molecular complexity index is 464. The molecule has 0 bridgehead atoms. The van der Waals surface area contributed by atoms with Crippen molar-refractivity contribution >= 4 is 0 Å². The first kappa shape index (κ1) is 15.6. The number of fused-ring (bicyclic) bond motifs is 1. The second-order valence-electron chi connectivity index (χ2n) is 5.60. The molecule has 1 saturated heterocycles. The predicted octanol–water partition coefficient (Wildman–Crippen LogP) is 0.536. The summed E-state index contributed by atoms with van der Waals surface area (Å²) in [6.45, 7) is 5.01. The van der Waals surface area contributed by atoms with Crippen LogP contribution in [-0.2, 0) is 9.47 Å². The van der Waals surface area contributed by atoms with E-state index in [2.05, 4.69) is 4.90 Å². The largest absolute Gasteiger partial charge is 0.486 e. The number of benzene rings is 1. The zero-order valence-corrected chi connectivity index (χ0v) is 12.6. The van der Waals surface area contributed by atoms with E-state index in [1.807, 2.05) is 24.3 Å². The lowest BCUT2D eigenvalue weighted by Crippen LogP contribution is -2.42. The molecule has 6 nitrogen and oxygen atoms in total. The number of aliphatic hydroxyl groups is 1. The van der Waals surface area contributed by atoms with Crippen LogP contribution >= 0.6 is 0 Å². The van der Waals surface area contributed by atoms with Crippen LogP contribution in [0.25, 0.3) is 0 Å². The molecule has 0 spiro atoms. The minimum Gasteiger partial charge on any atom is -0.486 e. The fourth-order valence-electron chi connectivity index (χ4n) is 2.62. The maximum absolute atomic E-state index is 10.0. The molecule has 2 aliphatic heterocycles. The molecule has 0 unspecified atom stereocenters. The summed E-state index contributed by atoms with van der Waals surface area (Å²) >= 11 is 0. The van der Waals surface area contributed by atoms with Gasteiger partial charge in [0, 0.05) is 19.6 Å². The van der Waals surface area contributed by atoms with Crippen molar-refractivity contribution in [3.8, 4) is 11.5 Å². The van der Waals surface area contributed by atoms with Gasteiger partial charge in [-0.2, -0.15) is 0 Å².